The van der Waals surface area contributed by atoms with E-state index in [1.54, 1.807) is 11.3 Å². The SMILES string of the molecule is Cc1cc(C)n2nc(CCC3=NC(c4cccs4)=CC3)nc2c1. The predicted octanol–water partition coefficient (Wildman–Crippen LogP) is 4.23. The molecule has 5 heteroatoms. The van der Waals surface area contributed by atoms with Crippen LogP contribution in [0.1, 0.15) is 34.8 Å². The molecule has 0 atom stereocenters. The Morgan fingerprint density at radius 2 is 2.13 bits per heavy atom. The molecule has 116 valence electrons. The third-order valence-corrected chi connectivity index (χ3v) is 4.92. The number of nitrogens with zero attached hydrogens (tertiary/aromatic N) is 4. The first kappa shape index (κ1) is 14.3. The maximum absolute atomic E-state index is 4.76. The normalized spacial score (nSPS) is 14.3. The molecule has 4 nitrogen and oxygen atoms in total. The van der Waals surface area contributed by atoms with Crippen molar-refractivity contribution in [2.75, 3.05) is 0 Å². The van der Waals surface area contributed by atoms with E-state index in [-0.39, 0.29) is 0 Å². The third-order valence-electron chi connectivity index (χ3n) is 4.02. The van der Waals surface area contributed by atoms with Gasteiger partial charge < -0.3 is 0 Å². The van der Waals surface area contributed by atoms with Crippen LogP contribution in [0, 0.1) is 13.8 Å². The number of pyridine rings is 1. The Hall–Kier alpha value is -2.27. The Bertz CT molecular complexity index is 916. The van der Waals surface area contributed by atoms with Crippen LogP contribution in [0.3, 0.4) is 0 Å². The highest BCUT2D eigenvalue weighted by molar-refractivity contribution is 7.11. The fourth-order valence-electron chi connectivity index (χ4n) is 2.93. The van der Waals surface area contributed by atoms with E-state index >= 15 is 0 Å². The second kappa shape index (κ2) is 5.74. The molecule has 0 unspecified atom stereocenters. The summed E-state index contributed by atoms with van der Waals surface area (Å²) in [6.07, 6.45) is 4.91. The molecule has 0 bridgehead atoms. The van der Waals surface area contributed by atoms with Gasteiger partial charge in [-0.2, -0.15) is 5.10 Å². The van der Waals surface area contributed by atoms with Gasteiger partial charge in [-0.05, 0) is 49.4 Å². The summed E-state index contributed by atoms with van der Waals surface area (Å²) in [5, 5.41) is 6.71. The molecule has 0 saturated carbocycles. The third kappa shape index (κ3) is 2.84. The summed E-state index contributed by atoms with van der Waals surface area (Å²) in [5.41, 5.74) is 5.62. The van der Waals surface area contributed by atoms with E-state index in [4.69, 9.17) is 4.99 Å². The van der Waals surface area contributed by atoms with Gasteiger partial charge in [0, 0.05) is 24.2 Å². The molecule has 3 aromatic rings. The largest absolute Gasteiger partial charge is 0.256 e. The zero-order valence-corrected chi connectivity index (χ0v) is 14.1. The van der Waals surface area contributed by atoms with E-state index in [1.165, 1.54) is 16.2 Å². The lowest BCUT2D eigenvalue weighted by Gasteiger charge is -1.98. The Balaban J connectivity index is 1.48. The van der Waals surface area contributed by atoms with Crippen molar-refractivity contribution < 1.29 is 0 Å². The van der Waals surface area contributed by atoms with Gasteiger partial charge in [-0.3, -0.25) is 4.99 Å². The summed E-state index contributed by atoms with van der Waals surface area (Å²) in [6.45, 7) is 4.16. The van der Waals surface area contributed by atoms with Crippen LogP contribution < -0.4 is 0 Å². The molecule has 0 fully saturated rings. The average molecular weight is 322 g/mol. The van der Waals surface area contributed by atoms with E-state index in [1.807, 2.05) is 4.52 Å². The minimum absolute atomic E-state index is 0.838. The summed E-state index contributed by atoms with van der Waals surface area (Å²) < 4.78 is 1.92. The van der Waals surface area contributed by atoms with Gasteiger partial charge in [-0.25, -0.2) is 9.50 Å². The Morgan fingerprint density at radius 1 is 1.22 bits per heavy atom. The van der Waals surface area contributed by atoms with E-state index in [2.05, 4.69) is 59.7 Å². The minimum atomic E-state index is 0.838. The highest BCUT2D eigenvalue weighted by Gasteiger charge is 2.13. The molecule has 3 aromatic heterocycles. The fourth-order valence-corrected chi connectivity index (χ4v) is 3.64. The standard InChI is InChI=1S/C18H18N4S/c1-12-10-13(2)22-18(11-12)20-17(21-22)8-6-14-5-7-15(19-14)16-4-3-9-23-16/h3-4,7,9-11H,5-6,8H2,1-2H3. The maximum Gasteiger partial charge on any atom is 0.156 e. The van der Waals surface area contributed by atoms with Crippen molar-refractivity contribution in [3.05, 3.63) is 57.7 Å². The zero-order chi connectivity index (χ0) is 15.8. The van der Waals surface area contributed by atoms with Crippen molar-refractivity contribution in [1.82, 2.24) is 14.6 Å². The van der Waals surface area contributed by atoms with Gasteiger partial charge in [-0.1, -0.05) is 12.1 Å². The topological polar surface area (TPSA) is 42.5 Å². The van der Waals surface area contributed by atoms with E-state index < -0.39 is 0 Å². The van der Waals surface area contributed by atoms with Crippen LogP contribution in [0.4, 0.5) is 0 Å². The molecule has 0 N–H and O–H groups in total. The smallest absolute Gasteiger partial charge is 0.156 e. The molecule has 4 rings (SSSR count). The second-order valence-electron chi connectivity index (χ2n) is 5.92. The maximum atomic E-state index is 4.76. The lowest BCUT2D eigenvalue weighted by Crippen LogP contribution is -1.99. The van der Waals surface area contributed by atoms with Gasteiger partial charge in [0.1, 0.15) is 0 Å². The van der Waals surface area contributed by atoms with Gasteiger partial charge in [0.2, 0.25) is 0 Å². The van der Waals surface area contributed by atoms with Crippen molar-refractivity contribution in [2.45, 2.75) is 33.1 Å². The first-order valence-electron chi connectivity index (χ1n) is 7.82. The highest BCUT2D eigenvalue weighted by atomic mass is 32.1. The Labute approximate surface area is 139 Å². The lowest BCUT2D eigenvalue weighted by atomic mass is 10.1. The van der Waals surface area contributed by atoms with E-state index in [0.29, 0.717) is 0 Å². The Kier molecular flexibility index (Phi) is 3.58. The van der Waals surface area contributed by atoms with Crippen LogP contribution in [0.15, 0.2) is 40.7 Å². The average Bonchev–Trinajstić information content (AvgIpc) is 3.24. The molecule has 0 aromatic carbocycles. The summed E-state index contributed by atoms with van der Waals surface area (Å²) in [7, 11) is 0. The number of fused-ring (bicyclic) bond motifs is 1. The number of hydrogen-bond donors (Lipinski definition) is 0. The van der Waals surface area contributed by atoms with Gasteiger partial charge in [0.25, 0.3) is 0 Å². The molecule has 1 aliphatic heterocycles. The van der Waals surface area contributed by atoms with Crippen molar-refractivity contribution in [3.63, 3.8) is 0 Å². The Morgan fingerprint density at radius 3 is 2.96 bits per heavy atom. The van der Waals surface area contributed by atoms with Crippen LogP contribution in [0.2, 0.25) is 0 Å². The molecule has 0 radical (unpaired) electrons. The monoisotopic (exact) mass is 322 g/mol. The number of thiophene rings is 1. The summed E-state index contributed by atoms with van der Waals surface area (Å²) in [5.74, 6) is 0.894. The zero-order valence-electron chi connectivity index (χ0n) is 13.3. The molecular formula is C18H18N4S. The minimum Gasteiger partial charge on any atom is -0.256 e. The van der Waals surface area contributed by atoms with E-state index in [9.17, 15) is 0 Å². The summed E-state index contributed by atoms with van der Waals surface area (Å²) in [4.78, 5) is 10.7. The number of aromatic nitrogens is 3. The second-order valence-corrected chi connectivity index (χ2v) is 6.87. The van der Waals surface area contributed by atoms with Crippen molar-refractivity contribution >= 4 is 28.4 Å². The first-order chi connectivity index (χ1) is 11.2. The predicted molar refractivity (Wildman–Crippen MR) is 95.1 cm³/mol. The molecular weight excluding hydrogens is 304 g/mol. The molecule has 4 heterocycles. The molecule has 0 amide bonds. The number of hydrogen-bond acceptors (Lipinski definition) is 4. The molecule has 23 heavy (non-hydrogen) atoms. The van der Waals surface area contributed by atoms with Crippen LogP contribution in [-0.4, -0.2) is 20.3 Å². The molecule has 0 spiro atoms. The highest BCUT2D eigenvalue weighted by Crippen LogP contribution is 2.27. The summed E-state index contributed by atoms with van der Waals surface area (Å²) >= 11 is 1.74. The number of allylic oxidation sites excluding steroid dienone is 1. The number of aryl methyl sites for hydroxylation is 3. The fraction of sp³-hybridized carbons (Fsp3) is 0.278. The number of rotatable bonds is 4. The molecule has 0 saturated heterocycles. The molecule has 1 aliphatic rings. The van der Waals surface area contributed by atoms with Gasteiger partial charge >= 0.3 is 0 Å². The van der Waals surface area contributed by atoms with Gasteiger partial charge in [-0.15, -0.1) is 11.3 Å². The quantitative estimate of drug-likeness (QED) is 0.721. The first-order valence-corrected chi connectivity index (χ1v) is 8.70. The van der Waals surface area contributed by atoms with E-state index in [0.717, 1.165) is 42.1 Å². The van der Waals surface area contributed by atoms with Crippen LogP contribution >= 0.6 is 11.3 Å². The van der Waals surface area contributed by atoms with Crippen LogP contribution in [0.25, 0.3) is 11.3 Å². The van der Waals surface area contributed by atoms with Crippen molar-refractivity contribution in [3.8, 4) is 0 Å². The van der Waals surface area contributed by atoms with Crippen molar-refractivity contribution in [1.29, 1.82) is 0 Å². The summed E-state index contributed by atoms with van der Waals surface area (Å²) in [6, 6.07) is 8.40. The van der Waals surface area contributed by atoms with Crippen LogP contribution in [0.5, 0.6) is 0 Å². The number of aliphatic imine (C=N–C) groups is 1. The van der Waals surface area contributed by atoms with Crippen molar-refractivity contribution in [2.24, 2.45) is 4.99 Å². The van der Waals surface area contributed by atoms with Gasteiger partial charge in [0.15, 0.2) is 11.5 Å². The van der Waals surface area contributed by atoms with Gasteiger partial charge in [0.05, 0.1) is 10.6 Å². The molecule has 0 aliphatic carbocycles. The van der Waals surface area contributed by atoms with Crippen LogP contribution in [-0.2, 0) is 6.42 Å². The lowest BCUT2D eigenvalue weighted by molar-refractivity contribution is 0.840.